The van der Waals surface area contributed by atoms with Crippen LogP contribution < -0.4 is 0 Å². The molecule has 1 aliphatic rings. The zero-order chi connectivity index (χ0) is 17.8. The summed E-state index contributed by atoms with van der Waals surface area (Å²) in [6.45, 7) is 1.69. The Morgan fingerprint density at radius 2 is 2.00 bits per heavy atom. The van der Waals surface area contributed by atoms with Crippen LogP contribution in [-0.4, -0.2) is 50.6 Å². The van der Waals surface area contributed by atoms with Gasteiger partial charge >= 0.3 is 12.0 Å². The third kappa shape index (κ3) is 3.82. The van der Waals surface area contributed by atoms with Crippen LogP contribution in [0.1, 0.15) is 38.2 Å². The number of aliphatic hydroxyl groups is 1. The first-order valence-electron chi connectivity index (χ1n) is 8.36. The van der Waals surface area contributed by atoms with Crippen molar-refractivity contribution in [1.29, 1.82) is 0 Å². The Labute approximate surface area is 148 Å². The van der Waals surface area contributed by atoms with Gasteiger partial charge in [-0.3, -0.25) is 0 Å². The summed E-state index contributed by atoms with van der Waals surface area (Å²) in [6, 6.07) is 9.55. The first-order chi connectivity index (χ1) is 11.3. The Bertz CT molecular complexity index is 594. The van der Waals surface area contributed by atoms with E-state index >= 15 is 0 Å². The highest BCUT2D eigenvalue weighted by atomic mass is 32.1. The van der Waals surface area contributed by atoms with Crippen LogP contribution in [0, 0.1) is 0 Å². The molecule has 1 aromatic rings. The van der Waals surface area contributed by atoms with E-state index in [2.05, 4.69) is 12.6 Å². The molecule has 1 aliphatic heterocycles. The number of carboxylic acid groups (broad SMARTS) is 1. The summed E-state index contributed by atoms with van der Waals surface area (Å²) in [4.78, 5) is 24.3. The average Bonchev–Trinajstić information content (AvgIpc) is 2.81. The van der Waals surface area contributed by atoms with Crippen LogP contribution in [0.4, 0.5) is 4.79 Å². The number of thiol groups is 1. The van der Waals surface area contributed by atoms with Crippen molar-refractivity contribution in [3.63, 3.8) is 0 Å². The quantitative estimate of drug-likeness (QED) is 0.544. The molecule has 1 aromatic carbocycles. The largest absolute Gasteiger partial charge is 0.521 e. The fourth-order valence-electron chi connectivity index (χ4n) is 3.83. The van der Waals surface area contributed by atoms with Crippen molar-refractivity contribution in [2.45, 2.75) is 50.7 Å². The molecule has 2 N–H and O–H groups in total. The minimum Gasteiger partial charge on any atom is -0.435 e. The van der Waals surface area contributed by atoms with Crippen molar-refractivity contribution in [1.82, 2.24) is 0 Å². The van der Waals surface area contributed by atoms with Crippen molar-refractivity contribution < 1.29 is 24.3 Å². The van der Waals surface area contributed by atoms with E-state index < -0.39 is 22.2 Å². The van der Waals surface area contributed by atoms with E-state index in [1.807, 2.05) is 30.3 Å². The summed E-state index contributed by atoms with van der Waals surface area (Å²) in [5, 5.41) is 20.6. The summed E-state index contributed by atoms with van der Waals surface area (Å²) >= 11 is 4.04. The molecule has 5 nitrogen and oxygen atoms in total. The molecule has 0 radical (unpaired) electrons. The monoisotopic (exact) mass is 352 g/mol. The highest BCUT2D eigenvalue weighted by Gasteiger charge is 2.61. The van der Waals surface area contributed by atoms with Gasteiger partial charge in [0.05, 0.1) is 6.42 Å². The lowest BCUT2D eigenvalue weighted by molar-refractivity contribution is -0.795. The smallest absolute Gasteiger partial charge is 0.435 e. The number of aryl methyl sites for hydroxylation is 1. The summed E-state index contributed by atoms with van der Waals surface area (Å²) < 4.78 is -0.678. The topological polar surface area (TPSA) is 74.6 Å². The molecule has 0 aliphatic carbocycles. The van der Waals surface area contributed by atoms with Gasteiger partial charge in [0, 0.05) is 12.2 Å². The van der Waals surface area contributed by atoms with Crippen LogP contribution in [0.3, 0.4) is 0 Å². The van der Waals surface area contributed by atoms with Gasteiger partial charge in [0.1, 0.15) is 18.2 Å². The van der Waals surface area contributed by atoms with Crippen molar-refractivity contribution in [3.05, 3.63) is 35.9 Å². The van der Waals surface area contributed by atoms with E-state index in [9.17, 15) is 19.8 Å². The lowest BCUT2D eigenvalue weighted by Crippen LogP contribution is -2.60. The molecule has 3 atom stereocenters. The number of benzene rings is 1. The van der Waals surface area contributed by atoms with Gasteiger partial charge in [0.2, 0.25) is 0 Å². The first kappa shape index (κ1) is 19.0. The molecule has 0 bridgehead atoms. The maximum atomic E-state index is 12.4. The molecule has 1 saturated heterocycles. The van der Waals surface area contributed by atoms with E-state index in [4.69, 9.17) is 0 Å². The number of quaternary nitrogens is 1. The minimum atomic E-state index is -1.17. The third-order valence-corrected chi connectivity index (χ3v) is 5.26. The highest BCUT2D eigenvalue weighted by Crippen LogP contribution is 2.38. The van der Waals surface area contributed by atoms with E-state index in [-0.39, 0.29) is 18.9 Å². The Morgan fingerprint density at radius 3 is 2.58 bits per heavy atom. The number of imide groups is 1. The summed E-state index contributed by atoms with van der Waals surface area (Å²) in [5.74, 6) is -0.0605. The highest BCUT2D eigenvalue weighted by molar-refractivity contribution is 7.80. The summed E-state index contributed by atoms with van der Waals surface area (Å²) in [5.41, 5.74) is 0.0797. The Balaban J connectivity index is 2.06. The number of nitrogens with zero attached hydrogens (tertiary/aromatic N) is 1. The van der Waals surface area contributed by atoms with Gasteiger partial charge in [0.25, 0.3) is 0 Å². The van der Waals surface area contributed by atoms with Gasteiger partial charge in [0.15, 0.2) is 0 Å². The zero-order valence-electron chi connectivity index (χ0n) is 14.0. The van der Waals surface area contributed by atoms with E-state index in [0.29, 0.717) is 18.6 Å². The van der Waals surface area contributed by atoms with E-state index in [1.165, 1.54) is 5.56 Å². The maximum Gasteiger partial charge on any atom is 0.521 e. The number of carbonyl (C=O) groups excluding carboxylic acids is 1. The summed E-state index contributed by atoms with van der Waals surface area (Å²) in [7, 11) is 0. The number of rotatable bonds is 6. The molecule has 0 spiro atoms. The van der Waals surface area contributed by atoms with Gasteiger partial charge in [-0.05, 0) is 31.7 Å². The van der Waals surface area contributed by atoms with Crippen LogP contribution in [-0.2, 0) is 11.2 Å². The first-order valence-corrected chi connectivity index (χ1v) is 8.99. The zero-order valence-corrected chi connectivity index (χ0v) is 14.9. The second-order valence-electron chi connectivity index (χ2n) is 6.79. The van der Waals surface area contributed by atoms with Gasteiger partial charge in [-0.1, -0.05) is 30.3 Å². The molecule has 2 rings (SSSR count). The van der Waals surface area contributed by atoms with Crippen LogP contribution in [0.5, 0.6) is 0 Å². The lowest BCUT2D eigenvalue weighted by atomic mass is 9.93. The number of hydrogen-bond acceptors (Lipinski definition) is 4. The van der Waals surface area contributed by atoms with Crippen LogP contribution in [0.15, 0.2) is 30.3 Å². The predicted molar refractivity (Wildman–Crippen MR) is 95.0 cm³/mol. The molecule has 0 saturated carbocycles. The maximum absolute atomic E-state index is 12.4. The van der Waals surface area contributed by atoms with Gasteiger partial charge in [-0.2, -0.15) is 21.9 Å². The molecule has 1 heterocycles. The molecule has 24 heavy (non-hydrogen) atoms. The second-order valence-corrected chi connectivity index (χ2v) is 7.24. The molecule has 2 unspecified atom stereocenters. The number of amides is 2. The SMILES string of the molecule is C[C@@H]1CC(O)(CCCc2ccccc2)C[N+]1(C(=O)O)C(=O)CCS. The van der Waals surface area contributed by atoms with Gasteiger partial charge in [-0.15, -0.1) is 0 Å². The Morgan fingerprint density at radius 1 is 1.33 bits per heavy atom. The van der Waals surface area contributed by atoms with E-state index in [0.717, 1.165) is 12.8 Å². The van der Waals surface area contributed by atoms with Gasteiger partial charge in [-0.25, -0.2) is 4.79 Å². The predicted octanol–water partition coefficient (Wildman–Crippen LogP) is 2.87. The second kappa shape index (κ2) is 7.68. The van der Waals surface area contributed by atoms with Crippen molar-refractivity contribution in [2.75, 3.05) is 12.3 Å². The minimum absolute atomic E-state index is 0.0507. The molecular formula is C18H26NO4S+. The number of hydrogen-bond donors (Lipinski definition) is 3. The molecule has 132 valence electrons. The Kier molecular flexibility index (Phi) is 6.06. The molecule has 6 heteroatoms. The van der Waals surface area contributed by atoms with Crippen LogP contribution >= 0.6 is 12.6 Å². The fraction of sp³-hybridized carbons (Fsp3) is 0.556. The van der Waals surface area contributed by atoms with Gasteiger partial charge < -0.3 is 10.2 Å². The fourth-order valence-corrected chi connectivity index (χ4v) is 4.02. The van der Waals surface area contributed by atoms with Crippen molar-refractivity contribution >= 4 is 24.6 Å². The van der Waals surface area contributed by atoms with Crippen molar-refractivity contribution in [3.8, 4) is 0 Å². The standard InChI is InChI=1S/C18H25NO4S/c1-14-12-18(23,10-5-8-15-6-3-2-4-7-15)13-19(14,17(21)22)16(20)9-11-24/h2-4,6-7,14,23H,5,8-13H2,1H3,(H-,21,22,24)/p+1/t14-,18?,19?/m1/s1. The third-order valence-electron chi connectivity index (χ3n) is 5.03. The number of carbonyl (C=O) groups is 2. The Hall–Kier alpha value is -1.37. The van der Waals surface area contributed by atoms with Crippen LogP contribution in [0.2, 0.25) is 0 Å². The van der Waals surface area contributed by atoms with Crippen molar-refractivity contribution in [2.24, 2.45) is 0 Å². The molecule has 0 aromatic heterocycles. The summed E-state index contributed by atoms with van der Waals surface area (Å²) in [6.07, 6.45) is 1.33. The van der Waals surface area contributed by atoms with E-state index in [1.54, 1.807) is 6.92 Å². The molecule has 2 amide bonds. The van der Waals surface area contributed by atoms with Crippen LogP contribution in [0.25, 0.3) is 0 Å². The molecule has 1 fully saturated rings. The number of likely N-dealkylation sites (tertiary alicyclic amines) is 1. The molecular weight excluding hydrogens is 326 g/mol. The lowest BCUT2D eigenvalue weighted by Gasteiger charge is -2.30. The average molecular weight is 352 g/mol. The normalized spacial score (nSPS) is 29.5.